The summed E-state index contributed by atoms with van der Waals surface area (Å²) in [6, 6.07) is 0. The molecule has 0 amide bonds. The van der Waals surface area contributed by atoms with Gasteiger partial charge in [0.1, 0.15) is 8.07 Å². The van der Waals surface area contributed by atoms with Crippen LogP contribution >= 0.6 is 0 Å². The van der Waals surface area contributed by atoms with E-state index in [-0.39, 0.29) is 5.04 Å². The Bertz CT molecular complexity index is 476. The maximum absolute atomic E-state index is 6.32. The van der Waals surface area contributed by atoms with E-state index in [0.29, 0.717) is 5.92 Å². The van der Waals surface area contributed by atoms with E-state index in [1.54, 1.807) is 0 Å². The first-order valence-corrected chi connectivity index (χ1v) is 15.2. The van der Waals surface area contributed by atoms with Gasteiger partial charge in [-0.1, -0.05) is 77.9 Å². The number of hydrogen-bond acceptors (Lipinski definition) is 1. The molecule has 3 heteroatoms. The van der Waals surface area contributed by atoms with E-state index in [1.165, 1.54) is 5.57 Å². The van der Waals surface area contributed by atoms with Gasteiger partial charge in [0, 0.05) is 6.61 Å². The molecule has 0 bridgehead atoms. The normalized spacial score (nSPS) is 15.5. The molecule has 0 unspecified atom stereocenters. The van der Waals surface area contributed by atoms with Crippen LogP contribution in [0.15, 0.2) is 23.8 Å². The van der Waals surface area contributed by atoms with Crippen LogP contribution in [0.1, 0.15) is 41.0 Å². The van der Waals surface area contributed by atoms with Gasteiger partial charge in [-0.2, -0.15) is 0 Å². The van der Waals surface area contributed by atoms with Crippen molar-refractivity contribution in [1.29, 1.82) is 0 Å². The molecule has 23 heavy (non-hydrogen) atoms. The zero-order chi connectivity index (χ0) is 18.3. The molecule has 0 saturated carbocycles. The van der Waals surface area contributed by atoms with Crippen molar-refractivity contribution >= 4 is 16.4 Å². The van der Waals surface area contributed by atoms with E-state index in [0.717, 1.165) is 13.0 Å². The van der Waals surface area contributed by atoms with Gasteiger partial charge in [0.25, 0.3) is 0 Å². The smallest absolute Gasteiger partial charge is 0.192 e. The van der Waals surface area contributed by atoms with Crippen LogP contribution in [-0.4, -0.2) is 23.0 Å². The summed E-state index contributed by atoms with van der Waals surface area (Å²) in [6.45, 7) is 23.6. The summed E-state index contributed by atoms with van der Waals surface area (Å²) >= 11 is 0. The highest BCUT2D eigenvalue weighted by Gasteiger charge is 2.37. The van der Waals surface area contributed by atoms with Gasteiger partial charge in [0.2, 0.25) is 0 Å². The second-order valence-electron chi connectivity index (χ2n) is 9.00. The van der Waals surface area contributed by atoms with Crippen LogP contribution in [0, 0.1) is 17.4 Å². The molecular formula is C20H38OSi2. The molecule has 0 aromatic carbocycles. The Morgan fingerprint density at radius 2 is 1.70 bits per heavy atom. The lowest BCUT2D eigenvalue weighted by molar-refractivity contribution is 0.259. The fraction of sp³-hybridized carbons (Fsp3) is 0.700. The van der Waals surface area contributed by atoms with Crippen LogP contribution in [0.3, 0.4) is 0 Å². The zero-order valence-corrected chi connectivity index (χ0v) is 19.1. The van der Waals surface area contributed by atoms with Gasteiger partial charge in [0.15, 0.2) is 8.32 Å². The topological polar surface area (TPSA) is 9.23 Å². The van der Waals surface area contributed by atoms with E-state index >= 15 is 0 Å². The summed E-state index contributed by atoms with van der Waals surface area (Å²) < 4.78 is 6.32. The Morgan fingerprint density at radius 1 is 1.13 bits per heavy atom. The van der Waals surface area contributed by atoms with Crippen LogP contribution in [0.25, 0.3) is 0 Å². The van der Waals surface area contributed by atoms with E-state index in [4.69, 9.17) is 4.43 Å². The van der Waals surface area contributed by atoms with Crippen molar-refractivity contribution in [1.82, 2.24) is 0 Å². The van der Waals surface area contributed by atoms with Crippen molar-refractivity contribution in [3.8, 4) is 11.5 Å². The van der Waals surface area contributed by atoms with Crippen molar-refractivity contribution < 1.29 is 4.43 Å². The molecule has 1 nitrogen and oxygen atoms in total. The molecule has 0 heterocycles. The third-order valence-corrected chi connectivity index (χ3v) is 9.64. The van der Waals surface area contributed by atoms with Gasteiger partial charge in [0.05, 0.1) is 0 Å². The molecule has 0 aromatic heterocycles. The van der Waals surface area contributed by atoms with Crippen LogP contribution in [0.5, 0.6) is 0 Å². The summed E-state index contributed by atoms with van der Waals surface area (Å²) in [6.07, 6.45) is 7.54. The molecule has 0 spiro atoms. The molecule has 0 radical (unpaired) electrons. The van der Waals surface area contributed by atoms with Gasteiger partial charge in [-0.25, -0.2) is 0 Å². The molecule has 132 valence electrons. The maximum Gasteiger partial charge on any atom is 0.192 e. The van der Waals surface area contributed by atoms with Crippen molar-refractivity contribution in [3.63, 3.8) is 0 Å². The van der Waals surface area contributed by atoms with Gasteiger partial charge in [-0.05, 0) is 36.5 Å². The first-order chi connectivity index (χ1) is 10.3. The van der Waals surface area contributed by atoms with Crippen molar-refractivity contribution in [2.24, 2.45) is 5.92 Å². The summed E-state index contributed by atoms with van der Waals surface area (Å²) in [5.41, 5.74) is 4.72. The molecule has 0 saturated heterocycles. The fourth-order valence-corrected chi connectivity index (χ4v) is 3.30. The number of allylic oxidation sites excluding steroid dienone is 3. The molecule has 0 aromatic rings. The lowest BCUT2D eigenvalue weighted by Gasteiger charge is -2.36. The first-order valence-electron chi connectivity index (χ1n) is 8.82. The minimum atomic E-state index is -1.65. The van der Waals surface area contributed by atoms with Crippen molar-refractivity contribution in [3.05, 3.63) is 23.8 Å². The predicted molar refractivity (Wildman–Crippen MR) is 111 cm³/mol. The minimum Gasteiger partial charge on any atom is -0.416 e. The largest absolute Gasteiger partial charge is 0.416 e. The SMILES string of the molecule is CCC(/C=C/C#C[Si](C)(C)C)=C\[C@@H](C)CO[Si](C)(C)C(C)(C)C. The van der Waals surface area contributed by atoms with E-state index in [1.807, 2.05) is 6.08 Å². The average Bonchev–Trinajstić information content (AvgIpc) is 2.37. The highest BCUT2D eigenvalue weighted by molar-refractivity contribution is 6.83. The van der Waals surface area contributed by atoms with Gasteiger partial charge in [-0.3, -0.25) is 0 Å². The van der Waals surface area contributed by atoms with Gasteiger partial charge >= 0.3 is 0 Å². The zero-order valence-electron chi connectivity index (χ0n) is 17.1. The number of hydrogen-bond donors (Lipinski definition) is 0. The quantitative estimate of drug-likeness (QED) is 0.305. The Labute approximate surface area is 147 Å². The van der Waals surface area contributed by atoms with E-state index in [9.17, 15) is 0 Å². The standard InChI is InChI=1S/C20H38OSi2/c1-11-19(14-12-13-15-22(6,7)8)16-18(2)17-21-23(9,10)20(3,4)5/h12,14,16,18H,11,17H2,1-10H3/b14-12+,19-16+/t18-/m1/s1. The summed E-state index contributed by atoms with van der Waals surface area (Å²) in [5.74, 6) is 3.64. The lowest BCUT2D eigenvalue weighted by Crippen LogP contribution is -2.41. The fourth-order valence-electron chi connectivity index (χ4n) is 1.67. The predicted octanol–water partition coefficient (Wildman–Crippen LogP) is 6.42. The molecular weight excluding hydrogens is 312 g/mol. The Kier molecular flexibility index (Phi) is 8.83. The monoisotopic (exact) mass is 350 g/mol. The van der Waals surface area contributed by atoms with E-state index < -0.39 is 16.4 Å². The summed E-state index contributed by atoms with van der Waals surface area (Å²) in [5, 5.41) is 0.274. The lowest BCUT2D eigenvalue weighted by atomic mass is 10.1. The highest BCUT2D eigenvalue weighted by Crippen LogP contribution is 2.36. The molecule has 0 aliphatic heterocycles. The summed E-state index contributed by atoms with van der Waals surface area (Å²) in [7, 11) is -2.92. The van der Waals surface area contributed by atoms with Crippen LogP contribution in [0.2, 0.25) is 37.8 Å². The molecule has 0 rings (SSSR count). The molecule has 0 fully saturated rings. The third kappa shape index (κ3) is 10.0. The van der Waals surface area contributed by atoms with Crippen LogP contribution in [-0.2, 0) is 4.43 Å². The van der Waals surface area contributed by atoms with Crippen molar-refractivity contribution in [2.75, 3.05) is 6.61 Å². The van der Waals surface area contributed by atoms with Crippen molar-refractivity contribution in [2.45, 2.75) is 78.8 Å². The van der Waals surface area contributed by atoms with E-state index in [2.05, 4.69) is 91.0 Å². The number of rotatable bonds is 6. The Morgan fingerprint density at radius 3 is 2.13 bits per heavy atom. The summed E-state index contributed by atoms with van der Waals surface area (Å²) in [4.78, 5) is 0. The van der Waals surface area contributed by atoms with Gasteiger partial charge < -0.3 is 4.43 Å². The van der Waals surface area contributed by atoms with Crippen LogP contribution in [0.4, 0.5) is 0 Å². The highest BCUT2D eigenvalue weighted by atomic mass is 28.4. The Balaban J connectivity index is 4.73. The molecule has 0 aliphatic rings. The van der Waals surface area contributed by atoms with Gasteiger partial charge in [-0.15, -0.1) is 5.54 Å². The molecule has 1 atom stereocenters. The third-order valence-electron chi connectivity index (χ3n) is 4.25. The first kappa shape index (κ1) is 22.4. The molecule has 0 N–H and O–H groups in total. The second-order valence-corrected chi connectivity index (χ2v) is 18.6. The molecule has 0 aliphatic carbocycles. The Hall–Kier alpha value is -0.566. The second kappa shape index (κ2) is 9.06. The average molecular weight is 351 g/mol. The van der Waals surface area contributed by atoms with Crippen LogP contribution < -0.4 is 0 Å². The minimum absolute atomic E-state index is 0.274. The maximum atomic E-state index is 6.32.